The van der Waals surface area contributed by atoms with E-state index < -0.39 is 0 Å². The fraction of sp³-hybridized carbons (Fsp3) is 0.111. The summed E-state index contributed by atoms with van der Waals surface area (Å²) in [7, 11) is 0. The van der Waals surface area contributed by atoms with Gasteiger partial charge >= 0.3 is 0 Å². The quantitative estimate of drug-likeness (QED) is 0.291. The van der Waals surface area contributed by atoms with E-state index in [4.69, 9.17) is 10.5 Å². The van der Waals surface area contributed by atoms with Gasteiger partial charge in [0.2, 0.25) is 5.13 Å². The van der Waals surface area contributed by atoms with Crippen molar-refractivity contribution < 1.29 is 9.53 Å². The number of hydrazone groups is 1. The van der Waals surface area contributed by atoms with Crippen LogP contribution in [0.1, 0.15) is 11.1 Å². The van der Waals surface area contributed by atoms with Gasteiger partial charge in [0.05, 0.1) is 12.0 Å². The van der Waals surface area contributed by atoms with Gasteiger partial charge in [-0.1, -0.05) is 51.2 Å². The zero-order chi connectivity index (χ0) is 19.8. The molecule has 0 spiro atoms. The number of aromatic nitrogens is 2. The number of carbonyl (C=O) groups excluding carboxylic acids is 1. The van der Waals surface area contributed by atoms with Crippen LogP contribution in [0.2, 0.25) is 0 Å². The molecular formula is C18H16BrN5O2S2. The highest BCUT2D eigenvalue weighted by atomic mass is 79.9. The maximum Gasteiger partial charge on any atom is 0.250 e. The Hall–Kier alpha value is -2.43. The van der Waals surface area contributed by atoms with Crippen molar-refractivity contribution in [3.8, 4) is 5.75 Å². The van der Waals surface area contributed by atoms with Crippen LogP contribution in [0.3, 0.4) is 0 Å². The lowest BCUT2D eigenvalue weighted by atomic mass is 10.2. The topological polar surface area (TPSA) is 102 Å². The van der Waals surface area contributed by atoms with E-state index in [0.29, 0.717) is 16.1 Å². The van der Waals surface area contributed by atoms with Gasteiger partial charge in [0.25, 0.3) is 5.91 Å². The Bertz CT molecular complexity index is 963. The Labute approximate surface area is 178 Å². The number of thioether (sulfide) groups is 1. The van der Waals surface area contributed by atoms with E-state index >= 15 is 0 Å². The molecule has 0 unspecified atom stereocenters. The molecular weight excluding hydrogens is 462 g/mol. The van der Waals surface area contributed by atoms with Crippen molar-refractivity contribution in [3.63, 3.8) is 0 Å². The van der Waals surface area contributed by atoms with Crippen LogP contribution < -0.4 is 15.9 Å². The minimum absolute atomic E-state index is 0.189. The van der Waals surface area contributed by atoms with Crippen LogP contribution in [0.25, 0.3) is 0 Å². The SMILES string of the molecule is Nc1nnc(SCC(=O)NN=Cc2ccc(OCc3cccc(Br)c3)cc2)s1. The molecule has 0 saturated carbocycles. The number of nitrogen functional groups attached to an aromatic ring is 1. The summed E-state index contributed by atoms with van der Waals surface area (Å²) in [5.41, 5.74) is 9.89. The summed E-state index contributed by atoms with van der Waals surface area (Å²) in [6.45, 7) is 0.487. The van der Waals surface area contributed by atoms with Gasteiger partial charge in [-0.3, -0.25) is 4.79 Å². The zero-order valence-electron chi connectivity index (χ0n) is 14.5. The van der Waals surface area contributed by atoms with E-state index in [1.807, 2.05) is 48.5 Å². The third-order valence-corrected chi connectivity index (χ3v) is 5.71. The van der Waals surface area contributed by atoms with Crippen LogP contribution in [0.4, 0.5) is 5.13 Å². The number of nitrogens with two attached hydrogens (primary N) is 1. The number of nitrogens with zero attached hydrogens (tertiary/aromatic N) is 3. The van der Waals surface area contributed by atoms with Crippen molar-refractivity contribution in [1.82, 2.24) is 15.6 Å². The molecule has 0 atom stereocenters. The van der Waals surface area contributed by atoms with Crippen molar-refractivity contribution in [2.24, 2.45) is 5.10 Å². The predicted molar refractivity (Wildman–Crippen MR) is 116 cm³/mol. The number of anilines is 1. The van der Waals surface area contributed by atoms with Crippen molar-refractivity contribution in [2.75, 3.05) is 11.5 Å². The predicted octanol–water partition coefficient (Wildman–Crippen LogP) is 3.70. The molecule has 3 N–H and O–H groups in total. The van der Waals surface area contributed by atoms with Crippen molar-refractivity contribution >= 4 is 56.3 Å². The minimum atomic E-state index is -0.232. The second-order valence-corrected chi connectivity index (χ2v) is 8.62. The summed E-state index contributed by atoms with van der Waals surface area (Å²) in [5, 5.41) is 11.9. The molecule has 0 bridgehead atoms. The standard InChI is InChI=1S/C18H16BrN5O2S2/c19-14-3-1-2-13(8-14)10-26-15-6-4-12(5-7-15)9-21-22-16(25)11-27-18-24-23-17(20)28-18/h1-9H,10-11H2,(H2,20,23)(H,22,25). The molecule has 0 aliphatic carbocycles. The molecule has 144 valence electrons. The number of halogens is 1. The van der Waals surface area contributed by atoms with Gasteiger partial charge in [-0.15, -0.1) is 10.2 Å². The molecule has 0 radical (unpaired) electrons. The summed E-state index contributed by atoms with van der Waals surface area (Å²) in [6, 6.07) is 15.4. The second kappa shape index (κ2) is 10.2. The van der Waals surface area contributed by atoms with Crippen LogP contribution in [0, 0.1) is 0 Å². The van der Waals surface area contributed by atoms with Crippen LogP contribution in [0.5, 0.6) is 5.75 Å². The molecule has 3 aromatic rings. The van der Waals surface area contributed by atoms with E-state index in [-0.39, 0.29) is 11.7 Å². The minimum Gasteiger partial charge on any atom is -0.489 e. The third-order valence-electron chi connectivity index (χ3n) is 3.33. The van der Waals surface area contributed by atoms with Gasteiger partial charge in [0.15, 0.2) is 4.34 Å². The summed E-state index contributed by atoms with van der Waals surface area (Å²) < 4.78 is 7.43. The third kappa shape index (κ3) is 6.63. The van der Waals surface area contributed by atoms with E-state index in [9.17, 15) is 4.79 Å². The fourth-order valence-electron chi connectivity index (χ4n) is 2.06. The molecule has 3 rings (SSSR count). The van der Waals surface area contributed by atoms with E-state index in [1.165, 1.54) is 23.1 Å². The fourth-order valence-corrected chi connectivity index (χ4v) is 3.94. The number of carbonyl (C=O) groups is 1. The first-order valence-electron chi connectivity index (χ1n) is 8.09. The number of hydrogen-bond donors (Lipinski definition) is 2. The molecule has 10 heteroatoms. The molecule has 0 saturated heterocycles. The van der Waals surface area contributed by atoms with Gasteiger partial charge in [0, 0.05) is 4.47 Å². The molecule has 0 aliphatic heterocycles. The largest absolute Gasteiger partial charge is 0.489 e. The number of benzene rings is 2. The van der Waals surface area contributed by atoms with Gasteiger partial charge in [-0.25, -0.2) is 5.43 Å². The Morgan fingerprint density at radius 3 is 2.82 bits per heavy atom. The normalized spacial score (nSPS) is 10.9. The molecule has 0 aliphatic rings. The zero-order valence-corrected chi connectivity index (χ0v) is 17.8. The lowest BCUT2D eigenvalue weighted by Crippen LogP contribution is -2.19. The first-order valence-corrected chi connectivity index (χ1v) is 10.7. The Morgan fingerprint density at radius 1 is 1.29 bits per heavy atom. The Balaban J connectivity index is 1.42. The van der Waals surface area contributed by atoms with E-state index in [1.54, 1.807) is 6.21 Å². The van der Waals surface area contributed by atoms with Crippen molar-refractivity contribution in [3.05, 3.63) is 64.1 Å². The number of nitrogens with one attached hydrogen (secondary N) is 1. The number of ether oxygens (including phenoxy) is 1. The number of rotatable bonds is 8. The van der Waals surface area contributed by atoms with Crippen molar-refractivity contribution in [1.29, 1.82) is 0 Å². The van der Waals surface area contributed by atoms with Crippen LogP contribution in [-0.2, 0) is 11.4 Å². The molecule has 1 heterocycles. The average molecular weight is 478 g/mol. The maximum atomic E-state index is 11.8. The van der Waals surface area contributed by atoms with E-state index in [2.05, 4.69) is 36.7 Å². The molecule has 2 aromatic carbocycles. The molecule has 7 nitrogen and oxygen atoms in total. The Kier molecular flexibility index (Phi) is 7.40. The Morgan fingerprint density at radius 2 is 2.11 bits per heavy atom. The average Bonchev–Trinajstić information content (AvgIpc) is 3.11. The summed E-state index contributed by atoms with van der Waals surface area (Å²) in [6.07, 6.45) is 1.57. The van der Waals surface area contributed by atoms with Crippen LogP contribution in [-0.4, -0.2) is 28.1 Å². The number of hydrogen-bond acceptors (Lipinski definition) is 8. The van der Waals surface area contributed by atoms with Gasteiger partial charge in [-0.05, 0) is 47.5 Å². The summed E-state index contributed by atoms with van der Waals surface area (Å²) in [4.78, 5) is 11.8. The van der Waals surface area contributed by atoms with Crippen LogP contribution >= 0.6 is 39.0 Å². The first kappa shape index (κ1) is 20.3. The highest BCUT2D eigenvalue weighted by Crippen LogP contribution is 2.23. The molecule has 1 amide bonds. The maximum absolute atomic E-state index is 11.8. The summed E-state index contributed by atoms with van der Waals surface area (Å²) in [5.74, 6) is 0.715. The molecule has 28 heavy (non-hydrogen) atoms. The van der Waals surface area contributed by atoms with Gasteiger partial charge < -0.3 is 10.5 Å². The lowest BCUT2D eigenvalue weighted by molar-refractivity contribution is -0.118. The monoisotopic (exact) mass is 477 g/mol. The highest BCUT2D eigenvalue weighted by molar-refractivity contribution is 9.10. The van der Waals surface area contributed by atoms with Crippen molar-refractivity contribution in [2.45, 2.75) is 10.9 Å². The smallest absolute Gasteiger partial charge is 0.250 e. The second-order valence-electron chi connectivity index (χ2n) is 5.48. The molecule has 1 aromatic heterocycles. The highest BCUT2D eigenvalue weighted by Gasteiger charge is 2.05. The first-order chi connectivity index (χ1) is 13.6. The molecule has 0 fully saturated rings. The van der Waals surface area contributed by atoms with Crippen LogP contribution in [0.15, 0.2) is 62.4 Å². The van der Waals surface area contributed by atoms with Gasteiger partial charge in [0.1, 0.15) is 12.4 Å². The van der Waals surface area contributed by atoms with Gasteiger partial charge in [-0.2, -0.15) is 5.10 Å². The lowest BCUT2D eigenvalue weighted by Gasteiger charge is -2.06. The number of amides is 1. The van der Waals surface area contributed by atoms with E-state index in [0.717, 1.165) is 21.3 Å². The summed E-state index contributed by atoms with van der Waals surface area (Å²) >= 11 is 5.95.